The Kier molecular flexibility index (Phi) is 5.89. The minimum Gasteiger partial charge on any atom is -0.388 e. The molecule has 1 aliphatic rings. The summed E-state index contributed by atoms with van der Waals surface area (Å²) in [5.41, 5.74) is -0.736. The molecule has 0 bridgehead atoms. The van der Waals surface area contributed by atoms with Crippen molar-refractivity contribution in [2.45, 2.75) is 51.4 Å². The molecule has 0 aliphatic carbocycles. The molecule has 2 N–H and O–H groups in total. The van der Waals surface area contributed by atoms with Gasteiger partial charge in [-0.25, -0.2) is 4.39 Å². The number of hydrogen-bond acceptors (Lipinski definition) is 4. The molecule has 1 aromatic rings. The topological polar surface area (TPSA) is 60.8 Å². The SMILES string of the molecule is CC(=O)C(CC(O)c1ccc(F)cc1)C(C)(O)N1CCCCC1. The molecule has 1 aliphatic heterocycles. The van der Waals surface area contributed by atoms with Crippen molar-refractivity contribution in [3.63, 3.8) is 0 Å². The molecule has 2 rings (SSSR count). The summed E-state index contributed by atoms with van der Waals surface area (Å²) in [7, 11) is 0. The van der Waals surface area contributed by atoms with E-state index in [1.807, 2.05) is 4.90 Å². The van der Waals surface area contributed by atoms with Gasteiger partial charge in [0.2, 0.25) is 0 Å². The van der Waals surface area contributed by atoms with Gasteiger partial charge in [-0.3, -0.25) is 9.69 Å². The number of halogens is 1. The Labute approximate surface area is 136 Å². The summed E-state index contributed by atoms with van der Waals surface area (Å²) in [6.07, 6.45) is 2.34. The van der Waals surface area contributed by atoms with Crippen molar-refractivity contribution in [3.8, 4) is 0 Å². The maximum absolute atomic E-state index is 13.0. The largest absolute Gasteiger partial charge is 0.388 e. The van der Waals surface area contributed by atoms with Crippen LogP contribution in [0.4, 0.5) is 4.39 Å². The highest BCUT2D eigenvalue weighted by Crippen LogP contribution is 2.33. The van der Waals surface area contributed by atoms with Crippen LogP contribution >= 0.6 is 0 Å². The van der Waals surface area contributed by atoms with E-state index in [1.54, 1.807) is 6.92 Å². The molecule has 128 valence electrons. The number of carbonyl (C=O) groups is 1. The first-order chi connectivity index (χ1) is 10.8. The normalized spacial score (nSPS) is 21.4. The summed E-state index contributed by atoms with van der Waals surface area (Å²) in [4.78, 5) is 14.0. The van der Waals surface area contributed by atoms with Crippen LogP contribution in [0.2, 0.25) is 0 Å². The first-order valence-corrected chi connectivity index (χ1v) is 8.23. The van der Waals surface area contributed by atoms with Crippen LogP contribution in [0.15, 0.2) is 24.3 Å². The number of ketones is 1. The minimum absolute atomic E-state index is 0.116. The summed E-state index contributed by atoms with van der Waals surface area (Å²) < 4.78 is 13.0. The number of piperidine rings is 1. The van der Waals surface area contributed by atoms with Crippen LogP contribution < -0.4 is 0 Å². The van der Waals surface area contributed by atoms with Gasteiger partial charge in [-0.1, -0.05) is 18.6 Å². The molecule has 0 radical (unpaired) electrons. The highest BCUT2D eigenvalue weighted by atomic mass is 19.1. The fourth-order valence-electron chi connectivity index (χ4n) is 3.39. The fraction of sp³-hybridized carbons (Fsp3) is 0.611. The van der Waals surface area contributed by atoms with Gasteiger partial charge >= 0.3 is 0 Å². The van der Waals surface area contributed by atoms with Crippen molar-refractivity contribution in [2.75, 3.05) is 13.1 Å². The minimum atomic E-state index is -1.28. The van der Waals surface area contributed by atoms with Crippen LogP contribution in [-0.4, -0.2) is 39.7 Å². The third-order valence-electron chi connectivity index (χ3n) is 4.86. The van der Waals surface area contributed by atoms with Crippen LogP contribution in [0.1, 0.15) is 51.2 Å². The lowest BCUT2D eigenvalue weighted by atomic mass is 9.84. The van der Waals surface area contributed by atoms with E-state index in [4.69, 9.17) is 0 Å². The molecule has 1 fully saturated rings. The number of Topliss-reactive ketones (excluding diaryl/α,β-unsaturated/α-hetero) is 1. The lowest BCUT2D eigenvalue weighted by Gasteiger charge is -2.44. The third kappa shape index (κ3) is 4.37. The summed E-state index contributed by atoms with van der Waals surface area (Å²) in [6, 6.07) is 5.58. The van der Waals surface area contributed by atoms with Crippen LogP contribution in [0.5, 0.6) is 0 Å². The zero-order chi connectivity index (χ0) is 17.0. The predicted molar refractivity (Wildman–Crippen MR) is 86.2 cm³/mol. The first kappa shape index (κ1) is 18.0. The Balaban J connectivity index is 2.13. The van der Waals surface area contributed by atoms with E-state index in [9.17, 15) is 19.4 Å². The third-order valence-corrected chi connectivity index (χ3v) is 4.86. The molecular formula is C18H26FNO3. The summed E-state index contributed by atoms with van der Waals surface area (Å²) in [6.45, 7) is 4.61. The van der Waals surface area contributed by atoms with Crippen molar-refractivity contribution in [1.82, 2.24) is 4.90 Å². The molecule has 0 aromatic heterocycles. The molecule has 1 heterocycles. The number of aliphatic hydroxyl groups excluding tert-OH is 1. The van der Waals surface area contributed by atoms with Gasteiger partial charge in [0.05, 0.1) is 12.0 Å². The molecule has 0 amide bonds. The van der Waals surface area contributed by atoms with Crippen molar-refractivity contribution in [2.24, 2.45) is 5.92 Å². The molecule has 3 unspecified atom stereocenters. The number of nitrogens with zero attached hydrogens (tertiary/aromatic N) is 1. The number of aliphatic hydroxyl groups is 2. The average Bonchev–Trinajstić information content (AvgIpc) is 2.53. The Hall–Kier alpha value is -1.30. The second-order valence-electron chi connectivity index (χ2n) is 6.61. The second kappa shape index (κ2) is 7.51. The zero-order valence-corrected chi connectivity index (χ0v) is 13.8. The average molecular weight is 323 g/mol. The zero-order valence-electron chi connectivity index (χ0n) is 13.8. The molecule has 0 spiro atoms. The quantitative estimate of drug-likeness (QED) is 0.845. The maximum Gasteiger partial charge on any atom is 0.137 e. The molecule has 23 heavy (non-hydrogen) atoms. The van der Waals surface area contributed by atoms with Crippen LogP contribution in [0, 0.1) is 11.7 Å². The molecule has 5 heteroatoms. The van der Waals surface area contributed by atoms with Crippen LogP contribution in [-0.2, 0) is 4.79 Å². The summed E-state index contributed by atoms with van der Waals surface area (Å²) in [5.74, 6) is -1.22. The number of carbonyl (C=O) groups excluding carboxylic acids is 1. The molecule has 1 saturated heterocycles. The van der Waals surface area contributed by atoms with E-state index in [1.165, 1.54) is 31.2 Å². The number of benzene rings is 1. The van der Waals surface area contributed by atoms with E-state index >= 15 is 0 Å². The van der Waals surface area contributed by atoms with E-state index in [0.29, 0.717) is 5.56 Å². The van der Waals surface area contributed by atoms with Gasteiger partial charge in [-0.2, -0.15) is 0 Å². The Morgan fingerprint density at radius 2 is 1.83 bits per heavy atom. The van der Waals surface area contributed by atoms with Gasteiger partial charge < -0.3 is 10.2 Å². The van der Waals surface area contributed by atoms with Crippen LogP contribution in [0.25, 0.3) is 0 Å². The Morgan fingerprint density at radius 1 is 1.26 bits per heavy atom. The molecule has 0 saturated carbocycles. The molecular weight excluding hydrogens is 297 g/mol. The lowest BCUT2D eigenvalue weighted by molar-refractivity contribution is -0.164. The van der Waals surface area contributed by atoms with Crippen LogP contribution in [0.3, 0.4) is 0 Å². The maximum atomic E-state index is 13.0. The second-order valence-corrected chi connectivity index (χ2v) is 6.61. The fourth-order valence-corrected chi connectivity index (χ4v) is 3.39. The van der Waals surface area contributed by atoms with Gasteiger partial charge in [0, 0.05) is 13.1 Å². The first-order valence-electron chi connectivity index (χ1n) is 8.23. The Bertz CT molecular complexity index is 524. The summed E-state index contributed by atoms with van der Waals surface area (Å²) >= 11 is 0. The molecule has 1 aromatic carbocycles. The molecule has 4 nitrogen and oxygen atoms in total. The molecule has 3 atom stereocenters. The number of rotatable bonds is 6. The smallest absolute Gasteiger partial charge is 0.137 e. The monoisotopic (exact) mass is 323 g/mol. The predicted octanol–water partition coefficient (Wildman–Crippen LogP) is 2.65. The van der Waals surface area contributed by atoms with Gasteiger partial charge in [-0.05, 0) is 50.8 Å². The summed E-state index contributed by atoms with van der Waals surface area (Å²) in [5, 5.41) is 21.3. The van der Waals surface area contributed by atoms with Crippen molar-refractivity contribution < 1.29 is 19.4 Å². The van der Waals surface area contributed by atoms with Gasteiger partial charge in [-0.15, -0.1) is 0 Å². The van der Waals surface area contributed by atoms with Crippen molar-refractivity contribution in [1.29, 1.82) is 0 Å². The number of likely N-dealkylation sites (tertiary alicyclic amines) is 1. The van der Waals surface area contributed by atoms with E-state index in [2.05, 4.69) is 0 Å². The van der Waals surface area contributed by atoms with Crippen molar-refractivity contribution >= 4 is 5.78 Å². The van der Waals surface area contributed by atoms with E-state index < -0.39 is 17.7 Å². The highest BCUT2D eigenvalue weighted by Gasteiger charge is 2.41. The Morgan fingerprint density at radius 3 is 2.35 bits per heavy atom. The van der Waals surface area contributed by atoms with E-state index in [-0.39, 0.29) is 18.0 Å². The van der Waals surface area contributed by atoms with Crippen molar-refractivity contribution in [3.05, 3.63) is 35.6 Å². The van der Waals surface area contributed by atoms with Gasteiger partial charge in [0.25, 0.3) is 0 Å². The van der Waals surface area contributed by atoms with Gasteiger partial charge in [0.15, 0.2) is 0 Å². The lowest BCUT2D eigenvalue weighted by Crippen LogP contribution is -2.55. The number of hydrogen-bond donors (Lipinski definition) is 2. The van der Waals surface area contributed by atoms with Gasteiger partial charge in [0.1, 0.15) is 17.3 Å². The highest BCUT2D eigenvalue weighted by molar-refractivity contribution is 5.79. The van der Waals surface area contributed by atoms with E-state index in [0.717, 1.165) is 32.4 Å². The standard InChI is InChI=1S/C18H26FNO3/c1-13(21)16(18(2,23)20-10-4-3-5-11-20)12-17(22)14-6-8-15(19)9-7-14/h6-9,16-17,22-23H,3-5,10-12H2,1-2H3.